The number of aromatic amines is 1. The van der Waals surface area contributed by atoms with Crippen molar-refractivity contribution in [2.75, 3.05) is 5.32 Å². The van der Waals surface area contributed by atoms with E-state index in [4.69, 9.17) is 5.14 Å². The van der Waals surface area contributed by atoms with Crippen molar-refractivity contribution >= 4 is 33.3 Å². The number of alkyl halides is 3. The van der Waals surface area contributed by atoms with Gasteiger partial charge in [-0.15, -0.1) is 0 Å². The van der Waals surface area contributed by atoms with Crippen LogP contribution in [0.5, 0.6) is 0 Å². The lowest BCUT2D eigenvalue weighted by Crippen LogP contribution is -2.12. The fraction of sp³-hybridized carbons (Fsp3) is 0.125. The largest absolute Gasteiger partial charge is 0.435 e. The third-order valence-corrected chi connectivity index (χ3v) is 7.87. The number of carbonyl (C=O) groups excluding carboxylic acids is 1. The number of para-hydroxylation sites is 1. The molecule has 226 valence electrons. The van der Waals surface area contributed by atoms with E-state index in [1.54, 1.807) is 24.3 Å². The number of hydrogen-bond acceptors (Lipinski definition) is 4. The Kier molecular flexibility index (Phi) is 8.06. The molecule has 3 heterocycles. The van der Waals surface area contributed by atoms with Gasteiger partial charge in [-0.2, -0.15) is 18.3 Å². The van der Waals surface area contributed by atoms with E-state index in [1.807, 2.05) is 51.1 Å². The topological polar surface area (TPSA) is 123 Å². The number of nitrogens with two attached hydrogens (primary N) is 1. The van der Waals surface area contributed by atoms with E-state index in [2.05, 4.69) is 21.5 Å². The smallest absolute Gasteiger partial charge is 0.359 e. The number of benzene rings is 3. The summed E-state index contributed by atoms with van der Waals surface area (Å²) in [5.74, 6) is -0.0390. The first-order valence-electron chi connectivity index (χ1n) is 13.4. The van der Waals surface area contributed by atoms with Crippen molar-refractivity contribution in [2.24, 2.45) is 5.14 Å². The van der Waals surface area contributed by atoms with Gasteiger partial charge in [-0.3, -0.25) is 4.79 Å². The van der Waals surface area contributed by atoms with Crippen molar-refractivity contribution in [3.63, 3.8) is 0 Å². The van der Waals surface area contributed by atoms with Crippen molar-refractivity contribution in [1.82, 2.24) is 14.8 Å². The van der Waals surface area contributed by atoms with Crippen LogP contribution in [-0.2, 0) is 21.0 Å². The number of nitrogens with zero attached hydrogens (tertiary/aromatic N) is 2. The Morgan fingerprint density at radius 2 is 1.57 bits per heavy atom. The Labute approximate surface area is 252 Å². The molecule has 0 spiro atoms. The number of aryl methyl sites for hydroxylation is 3. The van der Waals surface area contributed by atoms with Crippen molar-refractivity contribution in [1.29, 1.82) is 0 Å². The van der Waals surface area contributed by atoms with Gasteiger partial charge in [0.05, 0.1) is 21.8 Å². The molecule has 0 unspecified atom stereocenters. The van der Waals surface area contributed by atoms with Gasteiger partial charge in [0.25, 0.3) is 5.91 Å². The fourth-order valence-corrected chi connectivity index (χ4v) is 5.26. The molecule has 1 aliphatic rings. The van der Waals surface area contributed by atoms with Crippen LogP contribution in [0.15, 0.2) is 89.8 Å². The number of H-pyrrole nitrogens is 1. The van der Waals surface area contributed by atoms with E-state index in [1.165, 1.54) is 24.3 Å². The molecule has 2 aromatic heterocycles. The lowest BCUT2D eigenvalue weighted by molar-refractivity contribution is -0.141. The zero-order valence-corrected chi connectivity index (χ0v) is 24.7. The molecule has 8 nitrogen and oxygen atoms in total. The average molecular weight is 620 g/mol. The summed E-state index contributed by atoms with van der Waals surface area (Å²) < 4.78 is 63.2. The summed E-state index contributed by atoms with van der Waals surface area (Å²) in [5.41, 5.74) is 6.81. The first kappa shape index (κ1) is 30.5. The van der Waals surface area contributed by atoms with Crippen LogP contribution in [-0.4, -0.2) is 29.1 Å². The molecule has 0 atom stereocenters. The highest BCUT2D eigenvalue weighted by Crippen LogP contribution is 2.34. The van der Waals surface area contributed by atoms with E-state index < -0.39 is 21.9 Å². The second kappa shape index (κ2) is 11.6. The van der Waals surface area contributed by atoms with E-state index >= 15 is 0 Å². The van der Waals surface area contributed by atoms with Crippen LogP contribution in [0.25, 0.3) is 28.6 Å². The summed E-state index contributed by atoms with van der Waals surface area (Å²) >= 11 is 0. The molecule has 1 aliphatic heterocycles. The number of anilines is 1. The highest BCUT2D eigenvalue weighted by molar-refractivity contribution is 7.89. The van der Waals surface area contributed by atoms with Gasteiger partial charge in [0.2, 0.25) is 10.0 Å². The summed E-state index contributed by atoms with van der Waals surface area (Å²) in [6.07, 6.45) is -2.69. The fourth-order valence-electron chi connectivity index (χ4n) is 4.75. The predicted molar refractivity (Wildman–Crippen MR) is 163 cm³/mol. The van der Waals surface area contributed by atoms with Gasteiger partial charge in [0, 0.05) is 28.2 Å². The standard InChI is InChI=1S/C17H14F3N3O2S.C15H14N2O/c1-11-2-4-12(5-3-11)15-10-16(17(18,19)20)22-23(15)13-6-8-14(9-7-13)26(21,24)25;1-9-7-10(2)16-14(9)8-12-11-5-3-4-6-13(11)17-15(12)18/h2-10H,1H3,(H2,21,24,25);3-8,16H,1-2H3,(H,17,18)/b;12-8-. The molecule has 6 rings (SSSR count). The van der Waals surface area contributed by atoms with Crippen LogP contribution in [0.3, 0.4) is 0 Å². The second-order valence-corrected chi connectivity index (χ2v) is 11.9. The van der Waals surface area contributed by atoms with Gasteiger partial charge in [0.1, 0.15) is 0 Å². The van der Waals surface area contributed by atoms with Crippen LogP contribution in [0.1, 0.15) is 33.8 Å². The molecule has 0 fully saturated rings. The third kappa shape index (κ3) is 6.51. The van der Waals surface area contributed by atoms with E-state index in [9.17, 15) is 26.4 Å². The molecule has 0 radical (unpaired) electrons. The van der Waals surface area contributed by atoms with E-state index in [0.717, 1.165) is 50.1 Å². The molecular formula is C32H28F3N5O3S. The SMILES string of the molecule is Cc1cc(C)c(/C=C2\C(=O)Nc3ccccc32)[nH]1.Cc1ccc(-c2cc(C(F)(F)F)nn2-c2ccc(S(N)(=O)=O)cc2)cc1. The van der Waals surface area contributed by atoms with Gasteiger partial charge in [0.15, 0.2) is 5.69 Å². The molecule has 0 bridgehead atoms. The van der Waals surface area contributed by atoms with Gasteiger partial charge in [-0.1, -0.05) is 48.0 Å². The lowest BCUT2D eigenvalue weighted by Gasteiger charge is -2.09. The Morgan fingerprint density at radius 3 is 2.16 bits per heavy atom. The van der Waals surface area contributed by atoms with Gasteiger partial charge in [-0.05, 0) is 74.9 Å². The summed E-state index contributed by atoms with van der Waals surface area (Å²) in [5, 5.41) is 11.6. The highest BCUT2D eigenvalue weighted by Gasteiger charge is 2.35. The number of rotatable bonds is 4. The van der Waals surface area contributed by atoms with Crippen LogP contribution < -0.4 is 10.5 Å². The Morgan fingerprint density at radius 1 is 0.909 bits per heavy atom. The van der Waals surface area contributed by atoms with E-state index in [0.29, 0.717) is 5.56 Å². The third-order valence-electron chi connectivity index (χ3n) is 6.95. The predicted octanol–water partition coefficient (Wildman–Crippen LogP) is 6.64. The maximum absolute atomic E-state index is 13.1. The lowest BCUT2D eigenvalue weighted by atomic mass is 10.1. The number of amides is 1. The minimum absolute atomic E-state index is 0.0390. The number of aromatic nitrogens is 3. The summed E-state index contributed by atoms with van der Waals surface area (Å²) in [7, 11) is -3.90. The van der Waals surface area contributed by atoms with Crippen molar-refractivity contribution < 1.29 is 26.4 Å². The monoisotopic (exact) mass is 619 g/mol. The molecule has 12 heteroatoms. The zero-order valence-electron chi connectivity index (χ0n) is 23.9. The normalized spacial score (nSPS) is 13.8. The number of primary sulfonamides is 1. The minimum Gasteiger partial charge on any atom is -0.359 e. The van der Waals surface area contributed by atoms with Crippen LogP contribution >= 0.6 is 0 Å². The van der Waals surface area contributed by atoms with Gasteiger partial charge in [-0.25, -0.2) is 18.2 Å². The van der Waals surface area contributed by atoms with Crippen LogP contribution in [0.2, 0.25) is 0 Å². The van der Waals surface area contributed by atoms with Crippen molar-refractivity contribution in [2.45, 2.75) is 31.8 Å². The molecule has 0 saturated heterocycles. The molecule has 5 aromatic rings. The molecule has 0 saturated carbocycles. The Balaban J connectivity index is 0.000000186. The maximum Gasteiger partial charge on any atom is 0.435 e. The quantitative estimate of drug-likeness (QED) is 0.195. The summed E-state index contributed by atoms with van der Waals surface area (Å²) in [6, 6.07) is 22.9. The molecular weight excluding hydrogens is 591 g/mol. The number of nitrogens with one attached hydrogen (secondary N) is 2. The molecule has 4 N–H and O–H groups in total. The number of sulfonamides is 1. The molecule has 1 amide bonds. The van der Waals surface area contributed by atoms with Crippen molar-refractivity contribution in [3.8, 4) is 16.9 Å². The summed E-state index contributed by atoms with van der Waals surface area (Å²) in [4.78, 5) is 15.1. The second-order valence-electron chi connectivity index (χ2n) is 10.3. The van der Waals surface area contributed by atoms with Crippen LogP contribution in [0.4, 0.5) is 18.9 Å². The van der Waals surface area contributed by atoms with Gasteiger partial charge < -0.3 is 10.3 Å². The van der Waals surface area contributed by atoms with Crippen molar-refractivity contribution in [3.05, 3.63) is 119 Å². The Bertz CT molecular complexity index is 1990. The molecule has 44 heavy (non-hydrogen) atoms. The Hall–Kier alpha value is -4.94. The minimum atomic E-state index is -4.61. The first-order valence-corrected chi connectivity index (χ1v) is 14.9. The number of hydrogen-bond donors (Lipinski definition) is 3. The number of carbonyl (C=O) groups is 1. The number of fused-ring (bicyclic) bond motifs is 1. The average Bonchev–Trinajstić information content (AvgIpc) is 3.64. The maximum atomic E-state index is 13.1. The summed E-state index contributed by atoms with van der Waals surface area (Å²) in [6.45, 7) is 5.92. The molecule has 3 aromatic carbocycles. The van der Waals surface area contributed by atoms with Gasteiger partial charge >= 0.3 is 6.18 Å². The number of halogens is 3. The highest BCUT2D eigenvalue weighted by atomic mass is 32.2. The van der Waals surface area contributed by atoms with E-state index in [-0.39, 0.29) is 22.2 Å². The van der Waals surface area contributed by atoms with Crippen LogP contribution in [0, 0.1) is 20.8 Å². The molecule has 0 aliphatic carbocycles. The first-order chi connectivity index (χ1) is 20.7. The zero-order chi connectivity index (χ0) is 31.8.